The third-order valence-corrected chi connectivity index (χ3v) is 7.20. The summed E-state index contributed by atoms with van der Waals surface area (Å²) >= 11 is 1.14. The molecule has 28 heavy (non-hydrogen) atoms. The normalized spacial score (nSPS) is 18.6. The summed E-state index contributed by atoms with van der Waals surface area (Å²) in [6.45, 7) is 0. The molecule has 5 nitrogen and oxygen atoms in total. The van der Waals surface area contributed by atoms with E-state index in [1.807, 2.05) is 48.5 Å². The van der Waals surface area contributed by atoms with Crippen molar-refractivity contribution < 1.29 is 13.2 Å². The lowest BCUT2D eigenvalue weighted by Gasteiger charge is -2.16. The molecule has 3 aromatic carbocycles. The molecular weight excluding hydrogens is 392 g/mol. The molecule has 0 bridgehead atoms. The van der Waals surface area contributed by atoms with Crippen LogP contribution in [0.5, 0.6) is 0 Å². The summed E-state index contributed by atoms with van der Waals surface area (Å²) in [6.07, 6.45) is 0. The van der Waals surface area contributed by atoms with Crippen molar-refractivity contribution in [2.24, 2.45) is 4.99 Å². The van der Waals surface area contributed by atoms with E-state index in [9.17, 15) is 13.2 Å². The van der Waals surface area contributed by atoms with Crippen LogP contribution in [0.4, 0.5) is 5.69 Å². The maximum absolute atomic E-state index is 13.2. The van der Waals surface area contributed by atoms with E-state index in [2.05, 4.69) is 4.99 Å². The van der Waals surface area contributed by atoms with Gasteiger partial charge in [-0.2, -0.15) is 4.31 Å². The molecule has 1 heterocycles. The summed E-state index contributed by atoms with van der Waals surface area (Å²) in [5.41, 5.74) is 1.32. The van der Waals surface area contributed by atoms with Crippen molar-refractivity contribution in [1.29, 1.82) is 0 Å². The van der Waals surface area contributed by atoms with Gasteiger partial charge in [0, 0.05) is 0 Å². The predicted octanol–water partition coefficient (Wildman–Crippen LogP) is 4.38. The Labute approximate surface area is 167 Å². The second-order valence-electron chi connectivity index (χ2n) is 6.06. The van der Waals surface area contributed by atoms with Crippen LogP contribution in [-0.4, -0.2) is 23.8 Å². The zero-order chi connectivity index (χ0) is 19.6. The molecule has 0 N–H and O–H groups in total. The van der Waals surface area contributed by atoms with Crippen molar-refractivity contribution in [2.45, 2.75) is 10.1 Å². The molecule has 7 heteroatoms. The van der Waals surface area contributed by atoms with E-state index in [1.165, 1.54) is 12.1 Å². The summed E-state index contributed by atoms with van der Waals surface area (Å²) in [4.78, 5) is 17.7. The van der Waals surface area contributed by atoms with Gasteiger partial charge in [-0.05, 0) is 29.8 Å². The highest BCUT2D eigenvalue weighted by Gasteiger charge is 2.46. The SMILES string of the molecule is O=C1[C@@H](c2ccccc2)SC(=Nc2ccccc2)N1S(=O)(=O)c1ccccc1. The number of aliphatic imine (C=N–C) groups is 1. The lowest BCUT2D eigenvalue weighted by atomic mass is 10.1. The van der Waals surface area contributed by atoms with Crippen LogP contribution < -0.4 is 0 Å². The number of nitrogens with zero attached hydrogens (tertiary/aromatic N) is 2. The van der Waals surface area contributed by atoms with Gasteiger partial charge in [0.05, 0.1) is 10.6 Å². The lowest BCUT2D eigenvalue weighted by molar-refractivity contribution is -0.122. The lowest BCUT2D eigenvalue weighted by Crippen LogP contribution is -2.36. The Morgan fingerprint density at radius 2 is 1.32 bits per heavy atom. The van der Waals surface area contributed by atoms with E-state index in [0.717, 1.165) is 21.6 Å². The number of sulfonamides is 1. The Hall–Kier alpha value is -2.90. The molecule has 1 amide bonds. The molecule has 0 radical (unpaired) electrons. The number of amides is 1. The van der Waals surface area contributed by atoms with Crippen molar-refractivity contribution in [1.82, 2.24) is 4.31 Å². The molecule has 1 atom stereocenters. The molecule has 0 saturated carbocycles. The Kier molecular flexibility index (Phi) is 5.02. The van der Waals surface area contributed by atoms with Gasteiger partial charge in [0.15, 0.2) is 5.17 Å². The van der Waals surface area contributed by atoms with Crippen molar-refractivity contribution in [3.05, 3.63) is 96.6 Å². The van der Waals surface area contributed by atoms with Crippen LogP contribution in [0.15, 0.2) is 101 Å². The Morgan fingerprint density at radius 1 is 0.786 bits per heavy atom. The van der Waals surface area contributed by atoms with Gasteiger partial charge in [-0.3, -0.25) is 4.79 Å². The summed E-state index contributed by atoms with van der Waals surface area (Å²) in [7, 11) is -4.07. The molecular formula is C21H16N2O3S2. The molecule has 1 saturated heterocycles. The number of carbonyl (C=O) groups excluding carboxylic acids is 1. The Balaban J connectivity index is 1.83. The number of carbonyl (C=O) groups is 1. The van der Waals surface area contributed by atoms with Gasteiger partial charge in [0.25, 0.3) is 15.9 Å². The van der Waals surface area contributed by atoms with E-state index in [0.29, 0.717) is 5.69 Å². The number of thioether (sulfide) groups is 1. The van der Waals surface area contributed by atoms with Crippen molar-refractivity contribution in [3.63, 3.8) is 0 Å². The van der Waals surface area contributed by atoms with E-state index in [-0.39, 0.29) is 10.1 Å². The van der Waals surface area contributed by atoms with Crippen LogP contribution in [-0.2, 0) is 14.8 Å². The first-order chi connectivity index (χ1) is 13.6. The zero-order valence-electron chi connectivity index (χ0n) is 14.7. The first kappa shape index (κ1) is 18.5. The molecule has 1 aliphatic heterocycles. The van der Waals surface area contributed by atoms with Crippen molar-refractivity contribution in [2.75, 3.05) is 0 Å². The van der Waals surface area contributed by atoms with Crippen LogP contribution >= 0.6 is 11.8 Å². The topological polar surface area (TPSA) is 66.8 Å². The van der Waals surface area contributed by atoms with Crippen LogP contribution in [0.1, 0.15) is 10.8 Å². The fraction of sp³-hybridized carbons (Fsp3) is 0.0476. The molecule has 0 unspecified atom stereocenters. The first-order valence-electron chi connectivity index (χ1n) is 8.57. The van der Waals surface area contributed by atoms with E-state index >= 15 is 0 Å². The molecule has 140 valence electrons. The largest absolute Gasteiger partial charge is 0.272 e. The zero-order valence-corrected chi connectivity index (χ0v) is 16.3. The minimum Gasteiger partial charge on any atom is -0.272 e. The monoisotopic (exact) mass is 408 g/mol. The molecule has 3 aromatic rings. The van der Waals surface area contributed by atoms with Gasteiger partial charge in [-0.15, -0.1) is 0 Å². The van der Waals surface area contributed by atoms with Gasteiger partial charge in [0.1, 0.15) is 5.25 Å². The molecule has 0 aromatic heterocycles. The van der Waals surface area contributed by atoms with Crippen LogP contribution in [0.25, 0.3) is 0 Å². The van der Waals surface area contributed by atoms with E-state index in [4.69, 9.17) is 0 Å². The fourth-order valence-corrected chi connectivity index (χ4v) is 5.69. The maximum Gasteiger partial charge on any atom is 0.272 e. The third kappa shape index (κ3) is 3.46. The Bertz CT molecular complexity index is 1120. The number of rotatable bonds is 4. The summed E-state index contributed by atoms with van der Waals surface area (Å²) in [5, 5.41) is -0.518. The number of benzene rings is 3. The predicted molar refractivity (Wildman–Crippen MR) is 111 cm³/mol. The third-order valence-electron chi connectivity index (χ3n) is 4.19. The summed E-state index contributed by atoms with van der Waals surface area (Å²) in [6, 6.07) is 26.1. The molecule has 1 fully saturated rings. The molecule has 0 aliphatic carbocycles. The number of hydrogen-bond acceptors (Lipinski definition) is 5. The maximum atomic E-state index is 13.2. The average Bonchev–Trinajstić information content (AvgIpc) is 3.06. The highest BCUT2D eigenvalue weighted by molar-refractivity contribution is 8.16. The molecule has 4 rings (SSSR count). The van der Waals surface area contributed by atoms with Gasteiger partial charge in [-0.25, -0.2) is 13.4 Å². The molecule has 1 aliphatic rings. The highest BCUT2D eigenvalue weighted by atomic mass is 32.2. The number of hydrogen-bond donors (Lipinski definition) is 0. The summed E-state index contributed by atoms with van der Waals surface area (Å²) in [5.74, 6) is -0.519. The van der Waals surface area contributed by atoms with Gasteiger partial charge < -0.3 is 0 Å². The fourth-order valence-electron chi connectivity index (χ4n) is 2.85. The van der Waals surface area contributed by atoms with Crippen LogP contribution in [0.3, 0.4) is 0 Å². The van der Waals surface area contributed by atoms with E-state index in [1.54, 1.807) is 30.3 Å². The standard InChI is InChI=1S/C21H16N2O3S2/c24-20-19(16-10-4-1-5-11-16)27-21(22-17-12-6-2-7-13-17)23(20)28(25,26)18-14-8-3-9-15-18/h1-15,19H/t19-/m1/s1. The minimum absolute atomic E-state index is 0.0541. The van der Waals surface area contributed by atoms with Gasteiger partial charge in [-0.1, -0.05) is 78.5 Å². The van der Waals surface area contributed by atoms with Gasteiger partial charge in [0.2, 0.25) is 0 Å². The first-order valence-corrected chi connectivity index (χ1v) is 10.9. The molecule has 0 spiro atoms. The average molecular weight is 409 g/mol. The number of para-hydroxylation sites is 1. The quantitative estimate of drug-likeness (QED) is 0.643. The summed E-state index contributed by atoms with van der Waals surface area (Å²) < 4.78 is 27.3. The second kappa shape index (κ2) is 7.61. The van der Waals surface area contributed by atoms with E-state index < -0.39 is 21.2 Å². The van der Waals surface area contributed by atoms with Crippen molar-refractivity contribution >= 4 is 38.5 Å². The second-order valence-corrected chi connectivity index (χ2v) is 8.92. The van der Waals surface area contributed by atoms with Crippen LogP contribution in [0.2, 0.25) is 0 Å². The highest BCUT2D eigenvalue weighted by Crippen LogP contribution is 2.42. The smallest absolute Gasteiger partial charge is 0.272 e. The van der Waals surface area contributed by atoms with Crippen molar-refractivity contribution in [3.8, 4) is 0 Å². The number of amidine groups is 1. The Morgan fingerprint density at radius 3 is 1.93 bits per heavy atom. The van der Waals surface area contributed by atoms with Crippen LogP contribution in [0, 0.1) is 0 Å². The minimum atomic E-state index is -4.07. The van der Waals surface area contributed by atoms with Gasteiger partial charge >= 0.3 is 0 Å².